The molecule has 6 nitrogen and oxygen atoms in total. The Labute approximate surface area is 170 Å². The van der Waals surface area contributed by atoms with Crippen molar-refractivity contribution in [1.82, 2.24) is 9.88 Å². The molecule has 0 aliphatic carbocycles. The highest BCUT2D eigenvalue weighted by molar-refractivity contribution is 6.32. The normalized spacial score (nSPS) is 17.0. The van der Waals surface area contributed by atoms with Crippen molar-refractivity contribution in [2.45, 2.75) is 32.1 Å². The van der Waals surface area contributed by atoms with Gasteiger partial charge in [0.2, 0.25) is 0 Å². The number of aliphatic hydroxyl groups is 1. The lowest BCUT2D eigenvalue weighted by Gasteiger charge is -2.42. The molecule has 2 heterocycles. The van der Waals surface area contributed by atoms with Crippen LogP contribution in [0.3, 0.4) is 0 Å². The monoisotopic (exact) mass is 405 g/mol. The number of benzene rings is 1. The minimum atomic E-state index is -0.969. The third-order valence-electron chi connectivity index (χ3n) is 5.88. The average molecular weight is 406 g/mol. The number of hydrogen-bond donors (Lipinski definition) is 1. The van der Waals surface area contributed by atoms with Gasteiger partial charge >= 0.3 is 0 Å². The molecule has 0 unspecified atom stereocenters. The van der Waals surface area contributed by atoms with Gasteiger partial charge in [0, 0.05) is 29.5 Å². The van der Waals surface area contributed by atoms with Crippen molar-refractivity contribution in [3.8, 4) is 5.75 Å². The Hall–Kier alpha value is -1.89. The van der Waals surface area contributed by atoms with Crippen LogP contribution in [-0.2, 0) is 11.2 Å². The summed E-state index contributed by atoms with van der Waals surface area (Å²) in [6.07, 6.45) is 4.66. The zero-order valence-corrected chi connectivity index (χ0v) is 16.9. The predicted molar refractivity (Wildman–Crippen MR) is 106 cm³/mol. The van der Waals surface area contributed by atoms with Gasteiger partial charge in [-0.2, -0.15) is 0 Å². The number of ether oxygens (including phenoxy) is 1. The fraction of sp³-hybridized carbons (Fsp3) is 0.524. The van der Waals surface area contributed by atoms with E-state index in [2.05, 4.69) is 9.88 Å². The summed E-state index contributed by atoms with van der Waals surface area (Å²) in [5.74, 6) is -0.233. The Bertz CT molecular complexity index is 835. The van der Waals surface area contributed by atoms with E-state index in [0.29, 0.717) is 56.8 Å². The molecule has 0 atom stereocenters. The largest absolute Gasteiger partial charge is 0.550 e. The Balaban J connectivity index is 1.73. The number of aromatic nitrogens is 1. The van der Waals surface area contributed by atoms with Crippen molar-refractivity contribution in [3.05, 3.63) is 35.0 Å². The van der Waals surface area contributed by atoms with E-state index in [9.17, 15) is 9.90 Å². The van der Waals surface area contributed by atoms with Gasteiger partial charge in [-0.15, -0.1) is 0 Å². The Morgan fingerprint density at radius 3 is 2.79 bits per heavy atom. The molecule has 1 aliphatic rings. The number of aliphatic hydroxyl groups excluding tert-OH is 1. The average Bonchev–Trinajstić information content (AvgIpc) is 2.70. The molecule has 152 valence electrons. The van der Waals surface area contributed by atoms with Gasteiger partial charge in [0.05, 0.1) is 24.3 Å². The van der Waals surface area contributed by atoms with E-state index in [0.717, 1.165) is 22.2 Å². The lowest BCUT2D eigenvalue weighted by Crippen LogP contribution is -2.50. The van der Waals surface area contributed by atoms with Crippen molar-refractivity contribution in [3.63, 3.8) is 0 Å². The maximum atomic E-state index is 11.9. The molecule has 1 aromatic carbocycles. The molecule has 1 aliphatic heterocycles. The summed E-state index contributed by atoms with van der Waals surface area (Å²) in [5, 5.41) is 22.5. The third-order valence-corrected chi connectivity index (χ3v) is 6.20. The van der Waals surface area contributed by atoms with E-state index in [1.165, 1.54) is 0 Å². The second-order valence-corrected chi connectivity index (χ2v) is 7.86. The van der Waals surface area contributed by atoms with E-state index >= 15 is 0 Å². The van der Waals surface area contributed by atoms with Gasteiger partial charge in [0.15, 0.2) is 0 Å². The topological polar surface area (TPSA) is 85.7 Å². The molecule has 0 radical (unpaired) electrons. The first-order valence-corrected chi connectivity index (χ1v) is 10.0. The number of aryl methyl sites for hydroxylation is 1. The second kappa shape index (κ2) is 9.07. The minimum Gasteiger partial charge on any atom is -0.550 e. The van der Waals surface area contributed by atoms with Crippen molar-refractivity contribution >= 4 is 28.5 Å². The summed E-state index contributed by atoms with van der Waals surface area (Å²) >= 11 is 6.41. The Kier molecular flexibility index (Phi) is 6.75. The number of nitrogens with zero attached hydrogens (tertiary/aromatic N) is 2. The number of carbonyl (C=O) groups excluding carboxylic acids is 1. The van der Waals surface area contributed by atoms with Crippen LogP contribution in [0.25, 0.3) is 10.9 Å². The van der Waals surface area contributed by atoms with E-state index in [1.807, 2.05) is 18.2 Å². The number of pyridine rings is 1. The highest BCUT2D eigenvalue weighted by Crippen LogP contribution is 2.37. The number of piperidine rings is 1. The number of rotatable bonds is 8. The number of carboxylic acids is 1. The van der Waals surface area contributed by atoms with Crippen LogP contribution in [-0.4, -0.2) is 54.3 Å². The predicted octanol–water partition coefficient (Wildman–Crippen LogP) is 2.04. The Morgan fingerprint density at radius 1 is 1.39 bits per heavy atom. The van der Waals surface area contributed by atoms with E-state index in [4.69, 9.17) is 21.4 Å². The van der Waals surface area contributed by atoms with Crippen LogP contribution in [0.2, 0.25) is 5.02 Å². The van der Waals surface area contributed by atoms with Crippen molar-refractivity contribution in [1.29, 1.82) is 0 Å². The SMILES string of the molecule is COc1ccc2ncc(Cl)c(CCCC3(C(=O)[O-])CCN(CCO)CC3)c2c1. The molecule has 0 saturated carbocycles. The summed E-state index contributed by atoms with van der Waals surface area (Å²) in [6, 6.07) is 5.68. The third kappa shape index (κ3) is 4.40. The molecular formula is C21H26ClN2O4-. The molecule has 2 aromatic rings. The Morgan fingerprint density at radius 2 is 2.14 bits per heavy atom. The molecule has 1 aromatic heterocycles. The fourth-order valence-electron chi connectivity index (χ4n) is 4.09. The number of aliphatic carboxylic acids is 1. The molecule has 3 rings (SSSR count). The number of carbonyl (C=O) groups is 1. The van der Waals surface area contributed by atoms with Gasteiger partial charge in [-0.05, 0) is 69.0 Å². The maximum Gasteiger partial charge on any atom is 0.119 e. The zero-order valence-electron chi connectivity index (χ0n) is 16.1. The summed E-state index contributed by atoms with van der Waals surface area (Å²) in [7, 11) is 1.62. The number of hydrogen-bond acceptors (Lipinski definition) is 6. The lowest BCUT2D eigenvalue weighted by atomic mass is 9.74. The molecule has 0 bridgehead atoms. The van der Waals surface area contributed by atoms with Crippen molar-refractivity contribution in [2.75, 3.05) is 33.4 Å². The smallest absolute Gasteiger partial charge is 0.119 e. The van der Waals surface area contributed by atoms with Crippen LogP contribution in [0.4, 0.5) is 0 Å². The maximum absolute atomic E-state index is 11.9. The standard InChI is InChI=1S/C21H27ClN2O4/c1-28-15-4-5-19-17(13-15)16(18(22)14-23-19)3-2-6-21(20(26)27)7-9-24(10-8-21)11-12-25/h4-5,13-14,25H,2-3,6-12H2,1H3,(H,26,27)/p-1. The molecule has 1 saturated heterocycles. The number of likely N-dealkylation sites (tertiary alicyclic amines) is 1. The molecule has 0 spiro atoms. The first-order chi connectivity index (χ1) is 13.5. The number of fused-ring (bicyclic) bond motifs is 1. The van der Waals surface area contributed by atoms with Crippen molar-refractivity contribution < 1.29 is 19.7 Å². The van der Waals surface area contributed by atoms with Gasteiger partial charge in [-0.25, -0.2) is 0 Å². The first-order valence-electron chi connectivity index (χ1n) is 9.65. The van der Waals surface area contributed by atoms with Gasteiger partial charge in [-0.3, -0.25) is 4.98 Å². The van der Waals surface area contributed by atoms with E-state index in [1.54, 1.807) is 13.3 Å². The molecule has 28 heavy (non-hydrogen) atoms. The van der Waals surface area contributed by atoms with Gasteiger partial charge in [-0.1, -0.05) is 11.6 Å². The number of carboxylic acid groups (broad SMARTS) is 1. The van der Waals surface area contributed by atoms with Gasteiger partial charge in [0.1, 0.15) is 5.75 Å². The van der Waals surface area contributed by atoms with Crippen LogP contribution in [0.15, 0.2) is 24.4 Å². The molecule has 0 amide bonds. The van der Waals surface area contributed by atoms with E-state index in [-0.39, 0.29) is 6.61 Å². The molecule has 7 heteroatoms. The minimum absolute atomic E-state index is 0.0927. The van der Waals surface area contributed by atoms with Crippen LogP contribution in [0.1, 0.15) is 31.2 Å². The second-order valence-electron chi connectivity index (χ2n) is 7.45. The quantitative estimate of drug-likeness (QED) is 0.723. The highest BCUT2D eigenvalue weighted by atomic mass is 35.5. The molecular weight excluding hydrogens is 380 g/mol. The molecule has 1 N–H and O–H groups in total. The van der Waals surface area contributed by atoms with Gasteiger partial charge < -0.3 is 24.6 Å². The molecule has 1 fully saturated rings. The zero-order chi connectivity index (χ0) is 20.1. The van der Waals surface area contributed by atoms with Crippen LogP contribution < -0.4 is 9.84 Å². The van der Waals surface area contributed by atoms with Crippen LogP contribution in [0.5, 0.6) is 5.75 Å². The van der Waals surface area contributed by atoms with Gasteiger partial charge in [0.25, 0.3) is 0 Å². The fourth-order valence-corrected chi connectivity index (χ4v) is 4.33. The number of halogens is 1. The summed E-state index contributed by atoms with van der Waals surface area (Å²) in [4.78, 5) is 18.4. The summed E-state index contributed by atoms with van der Waals surface area (Å²) < 4.78 is 5.31. The number of β-amino-alcohol motifs (C(OH)–C–C–N with tert-alkyl or cyclic N) is 1. The van der Waals surface area contributed by atoms with Crippen molar-refractivity contribution in [2.24, 2.45) is 5.41 Å². The number of methoxy groups -OCH3 is 1. The highest BCUT2D eigenvalue weighted by Gasteiger charge is 2.35. The first kappa shape index (κ1) is 20.8. The van der Waals surface area contributed by atoms with E-state index < -0.39 is 11.4 Å². The van der Waals surface area contributed by atoms with Crippen LogP contribution in [0, 0.1) is 5.41 Å². The lowest BCUT2D eigenvalue weighted by molar-refractivity contribution is -0.321. The van der Waals surface area contributed by atoms with Crippen LogP contribution >= 0.6 is 11.6 Å². The summed E-state index contributed by atoms with van der Waals surface area (Å²) in [5.41, 5.74) is 1.00. The summed E-state index contributed by atoms with van der Waals surface area (Å²) in [6.45, 7) is 2.02.